The van der Waals surface area contributed by atoms with E-state index in [-0.39, 0.29) is 0 Å². The first kappa shape index (κ1) is 17.3. The maximum absolute atomic E-state index is 5.52. The van der Waals surface area contributed by atoms with Crippen LogP contribution in [0.4, 0.5) is 5.69 Å². The summed E-state index contributed by atoms with van der Waals surface area (Å²) >= 11 is 3.57. The van der Waals surface area contributed by atoms with Crippen molar-refractivity contribution in [3.05, 3.63) is 57.6 Å². The zero-order chi connectivity index (χ0) is 17.1. The minimum Gasteiger partial charge on any atom is -0.496 e. The number of aryl methyl sites for hydroxylation is 1. The van der Waals surface area contributed by atoms with Crippen LogP contribution in [0, 0.1) is 13.8 Å². The Bertz CT molecular complexity index is 709. The Morgan fingerprint density at radius 2 is 1.88 bits per heavy atom. The molecule has 3 rings (SSSR count). The molecular weight excluding hydrogens is 364 g/mol. The zero-order valence-corrected chi connectivity index (χ0v) is 16.3. The molecule has 1 heterocycles. The number of piperazine rings is 1. The Morgan fingerprint density at radius 3 is 2.58 bits per heavy atom. The molecule has 1 saturated heterocycles. The van der Waals surface area contributed by atoms with E-state index < -0.39 is 0 Å². The minimum atomic E-state index is 0.989. The topological polar surface area (TPSA) is 16.9 Å². The van der Waals surface area contributed by atoms with Crippen LogP contribution in [0.3, 0.4) is 0 Å². The Morgan fingerprint density at radius 1 is 1.12 bits per heavy atom. The van der Waals surface area contributed by atoms with E-state index in [1.807, 2.05) is 12.1 Å². The monoisotopic (exact) mass is 389 g/mol. The largest absolute Gasteiger partial charge is 0.496 e. The average molecular weight is 390 g/mol. The predicted molar refractivity (Wildman–Crippen MR) is 103 cm³/mol. The summed E-state index contributed by atoms with van der Waals surface area (Å²) in [5, 5.41) is 0. The fourth-order valence-electron chi connectivity index (χ4n) is 3.47. The first-order valence-electron chi connectivity index (χ1n) is 8.55. The maximum Gasteiger partial charge on any atom is 0.127 e. The molecule has 1 N–H and O–H groups in total. The summed E-state index contributed by atoms with van der Waals surface area (Å²) < 4.78 is 6.63. The highest BCUT2D eigenvalue weighted by atomic mass is 79.9. The van der Waals surface area contributed by atoms with E-state index in [9.17, 15) is 0 Å². The van der Waals surface area contributed by atoms with Crippen LogP contribution < -0.4 is 14.5 Å². The van der Waals surface area contributed by atoms with Gasteiger partial charge in [0, 0.05) is 15.7 Å². The molecule has 0 aromatic heterocycles. The fourth-order valence-corrected chi connectivity index (χ4v) is 3.88. The van der Waals surface area contributed by atoms with Gasteiger partial charge in [-0.3, -0.25) is 0 Å². The molecule has 1 aliphatic heterocycles. The molecule has 3 nitrogen and oxygen atoms in total. The van der Waals surface area contributed by atoms with Crippen molar-refractivity contribution < 1.29 is 9.64 Å². The fraction of sp³-hybridized carbons (Fsp3) is 0.400. The lowest BCUT2D eigenvalue weighted by Gasteiger charge is -2.35. The second-order valence-electron chi connectivity index (χ2n) is 6.59. The van der Waals surface area contributed by atoms with Crippen LogP contribution in [-0.4, -0.2) is 33.3 Å². The number of anilines is 1. The molecule has 1 fully saturated rings. The van der Waals surface area contributed by atoms with E-state index in [0.717, 1.165) is 42.9 Å². The van der Waals surface area contributed by atoms with Crippen LogP contribution in [-0.2, 0) is 6.54 Å². The number of halogens is 1. The number of benzene rings is 2. The molecule has 128 valence electrons. The first-order valence-corrected chi connectivity index (χ1v) is 9.35. The van der Waals surface area contributed by atoms with Crippen molar-refractivity contribution >= 4 is 21.6 Å². The number of methoxy groups -OCH3 is 1. The highest BCUT2D eigenvalue weighted by Gasteiger charge is 2.22. The predicted octanol–water partition coefficient (Wildman–Crippen LogP) is 2.98. The van der Waals surface area contributed by atoms with Crippen LogP contribution in [0.5, 0.6) is 5.75 Å². The Kier molecular flexibility index (Phi) is 5.47. The van der Waals surface area contributed by atoms with E-state index >= 15 is 0 Å². The van der Waals surface area contributed by atoms with Gasteiger partial charge in [0.05, 0.1) is 33.3 Å². The molecular formula is C20H26BrN2O+. The van der Waals surface area contributed by atoms with E-state index in [4.69, 9.17) is 4.74 Å². The normalized spacial score (nSPS) is 15.6. The Labute approximate surface area is 153 Å². The number of hydrogen-bond acceptors (Lipinski definition) is 2. The van der Waals surface area contributed by atoms with E-state index in [0.29, 0.717) is 0 Å². The molecule has 0 bridgehead atoms. The van der Waals surface area contributed by atoms with Gasteiger partial charge in [-0.2, -0.15) is 0 Å². The molecule has 4 heteroatoms. The zero-order valence-electron chi connectivity index (χ0n) is 14.7. The molecule has 0 spiro atoms. The molecule has 2 aromatic rings. The van der Waals surface area contributed by atoms with Crippen molar-refractivity contribution in [3.63, 3.8) is 0 Å². The van der Waals surface area contributed by atoms with E-state index in [2.05, 4.69) is 58.9 Å². The number of hydrogen-bond donors (Lipinski definition) is 1. The lowest BCUT2D eigenvalue weighted by atomic mass is 10.1. The second-order valence-corrected chi connectivity index (χ2v) is 7.50. The lowest BCUT2D eigenvalue weighted by molar-refractivity contribution is -0.914. The van der Waals surface area contributed by atoms with Crippen LogP contribution in [0.25, 0.3) is 0 Å². The highest BCUT2D eigenvalue weighted by Crippen LogP contribution is 2.24. The highest BCUT2D eigenvalue weighted by molar-refractivity contribution is 9.10. The van der Waals surface area contributed by atoms with Gasteiger partial charge in [0.2, 0.25) is 0 Å². The number of ether oxygens (including phenoxy) is 1. The summed E-state index contributed by atoms with van der Waals surface area (Å²) in [6.07, 6.45) is 0. The van der Waals surface area contributed by atoms with Gasteiger partial charge in [0.25, 0.3) is 0 Å². The molecule has 0 radical (unpaired) electrons. The lowest BCUT2D eigenvalue weighted by Crippen LogP contribution is -3.13. The summed E-state index contributed by atoms with van der Waals surface area (Å²) in [5.41, 5.74) is 5.46. The third-order valence-corrected chi connectivity index (χ3v) is 5.56. The van der Waals surface area contributed by atoms with Crippen LogP contribution >= 0.6 is 15.9 Å². The summed E-state index contributed by atoms with van der Waals surface area (Å²) in [7, 11) is 1.75. The molecule has 24 heavy (non-hydrogen) atoms. The van der Waals surface area contributed by atoms with Crippen molar-refractivity contribution in [1.82, 2.24) is 0 Å². The summed E-state index contributed by atoms with van der Waals surface area (Å²) in [6, 6.07) is 12.9. The van der Waals surface area contributed by atoms with Crippen LogP contribution in [0.2, 0.25) is 0 Å². The Hall–Kier alpha value is -1.52. The van der Waals surface area contributed by atoms with Crippen LogP contribution in [0.15, 0.2) is 40.9 Å². The molecule has 2 aromatic carbocycles. The SMILES string of the molecule is COc1ccc(Br)cc1C[NH+]1CCN(c2cccc(C)c2C)CC1. The standard InChI is InChI=1S/C20H25BrN2O/c1-15-5-4-6-19(16(15)2)23-11-9-22(10-12-23)14-17-13-18(21)7-8-20(17)24-3/h4-8,13H,9-12,14H2,1-3H3/p+1. The van der Waals surface area contributed by atoms with Gasteiger partial charge in [-0.15, -0.1) is 0 Å². The third-order valence-electron chi connectivity index (χ3n) is 5.07. The summed E-state index contributed by atoms with van der Waals surface area (Å²) in [5.74, 6) is 0.989. The van der Waals surface area contributed by atoms with E-state index in [1.54, 1.807) is 12.0 Å². The second kappa shape index (κ2) is 7.58. The van der Waals surface area contributed by atoms with Crippen molar-refractivity contribution in [2.75, 3.05) is 38.2 Å². The van der Waals surface area contributed by atoms with Gasteiger partial charge in [-0.25, -0.2) is 0 Å². The van der Waals surface area contributed by atoms with Gasteiger partial charge < -0.3 is 14.5 Å². The van der Waals surface area contributed by atoms with Crippen molar-refractivity contribution in [3.8, 4) is 5.75 Å². The van der Waals surface area contributed by atoms with Gasteiger partial charge in [-0.05, 0) is 49.2 Å². The summed E-state index contributed by atoms with van der Waals surface area (Å²) in [4.78, 5) is 4.15. The average Bonchev–Trinajstić information content (AvgIpc) is 2.58. The number of nitrogens with one attached hydrogen (secondary N) is 1. The van der Waals surface area contributed by atoms with Crippen molar-refractivity contribution in [2.24, 2.45) is 0 Å². The van der Waals surface area contributed by atoms with Crippen molar-refractivity contribution in [2.45, 2.75) is 20.4 Å². The Balaban J connectivity index is 1.65. The van der Waals surface area contributed by atoms with Crippen LogP contribution in [0.1, 0.15) is 16.7 Å². The summed E-state index contributed by atoms with van der Waals surface area (Å²) in [6.45, 7) is 9.97. The quantitative estimate of drug-likeness (QED) is 0.865. The van der Waals surface area contributed by atoms with Gasteiger partial charge in [0.15, 0.2) is 0 Å². The van der Waals surface area contributed by atoms with E-state index in [1.165, 1.54) is 22.4 Å². The smallest absolute Gasteiger partial charge is 0.127 e. The number of quaternary nitrogens is 1. The molecule has 0 aliphatic carbocycles. The molecule has 0 amide bonds. The molecule has 0 saturated carbocycles. The molecule has 0 unspecified atom stereocenters. The number of nitrogens with zero attached hydrogens (tertiary/aromatic N) is 1. The maximum atomic E-state index is 5.52. The van der Waals surface area contributed by atoms with Gasteiger partial charge in [0.1, 0.15) is 12.3 Å². The minimum absolute atomic E-state index is 0.989. The molecule has 1 aliphatic rings. The molecule has 0 atom stereocenters. The number of rotatable bonds is 4. The van der Waals surface area contributed by atoms with Gasteiger partial charge in [-0.1, -0.05) is 28.1 Å². The first-order chi connectivity index (χ1) is 11.6. The van der Waals surface area contributed by atoms with Gasteiger partial charge >= 0.3 is 0 Å². The third kappa shape index (κ3) is 3.76. The van der Waals surface area contributed by atoms with Crippen molar-refractivity contribution in [1.29, 1.82) is 0 Å².